The normalized spacial score (nSPS) is 10.6. The van der Waals surface area contributed by atoms with E-state index in [9.17, 15) is 14.0 Å². The molecule has 2 heterocycles. The Kier molecular flexibility index (Phi) is 3.99. The van der Waals surface area contributed by atoms with Crippen LogP contribution in [0.2, 0.25) is 0 Å². The van der Waals surface area contributed by atoms with Crippen molar-refractivity contribution in [1.29, 1.82) is 0 Å². The van der Waals surface area contributed by atoms with E-state index in [1.807, 2.05) is 19.1 Å². The highest BCUT2D eigenvalue weighted by Crippen LogP contribution is 2.18. The number of imidazole rings is 1. The molecule has 0 aliphatic heterocycles. The smallest absolute Gasteiger partial charge is 0.337 e. The first kappa shape index (κ1) is 15.7. The number of methoxy groups -OCH3 is 1. The second-order valence-electron chi connectivity index (χ2n) is 5.22. The number of amides is 1. The van der Waals surface area contributed by atoms with E-state index in [1.165, 1.54) is 25.4 Å². The summed E-state index contributed by atoms with van der Waals surface area (Å²) in [4.78, 5) is 28.1. The van der Waals surface area contributed by atoms with E-state index in [4.69, 9.17) is 0 Å². The van der Waals surface area contributed by atoms with Crippen LogP contribution in [-0.4, -0.2) is 28.4 Å². The lowest BCUT2D eigenvalue weighted by molar-refractivity contribution is 0.0600. The number of fused-ring (bicyclic) bond motifs is 1. The molecule has 24 heavy (non-hydrogen) atoms. The third-order valence-electron chi connectivity index (χ3n) is 3.54. The van der Waals surface area contributed by atoms with E-state index in [1.54, 1.807) is 10.6 Å². The fourth-order valence-electron chi connectivity index (χ4n) is 2.30. The van der Waals surface area contributed by atoms with Crippen molar-refractivity contribution >= 4 is 23.2 Å². The van der Waals surface area contributed by atoms with Crippen LogP contribution in [0.3, 0.4) is 0 Å². The number of carbonyl (C=O) groups excluding carboxylic acids is 2. The van der Waals surface area contributed by atoms with Crippen LogP contribution in [0.25, 0.3) is 5.65 Å². The second kappa shape index (κ2) is 6.11. The standard InChI is InChI=1S/C17H14FN3O3/c1-10-5-6-21-14(9-19-15(21)7-10)16(22)20-13-8-11(17(23)24-2)3-4-12(13)18/h3-9H,1-2H3,(H,20,22). The molecule has 0 spiro atoms. The topological polar surface area (TPSA) is 72.7 Å². The number of pyridine rings is 1. The van der Waals surface area contributed by atoms with E-state index in [0.29, 0.717) is 5.65 Å². The Balaban J connectivity index is 1.93. The van der Waals surface area contributed by atoms with Crippen molar-refractivity contribution in [3.8, 4) is 0 Å². The number of aryl methyl sites for hydroxylation is 1. The average Bonchev–Trinajstić information content (AvgIpc) is 2.99. The van der Waals surface area contributed by atoms with Crippen molar-refractivity contribution in [2.75, 3.05) is 12.4 Å². The van der Waals surface area contributed by atoms with E-state index < -0.39 is 17.7 Å². The first-order valence-corrected chi connectivity index (χ1v) is 7.12. The number of carbonyl (C=O) groups is 2. The summed E-state index contributed by atoms with van der Waals surface area (Å²) in [5.74, 6) is -1.80. The van der Waals surface area contributed by atoms with Crippen LogP contribution in [0.5, 0.6) is 0 Å². The maximum Gasteiger partial charge on any atom is 0.337 e. The van der Waals surface area contributed by atoms with Crippen LogP contribution >= 0.6 is 0 Å². The molecule has 0 aliphatic rings. The molecule has 1 N–H and O–H groups in total. The summed E-state index contributed by atoms with van der Waals surface area (Å²) in [5, 5.41) is 2.46. The predicted molar refractivity (Wildman–Crippen MR) is 85.6 cm³/mol. The molecule has 6 nitrogen and oxygen atoms in total. The summed E-state index contributed by atoms with van der Waals surface area (Å²) in [6, 6.07) is 7.28. The van der Waals surface area contributed by atoms with Gasteiger partial charge in [0.05, 0.1) is 24.6 Å². The van der Waals surface area contributed by atoms with Gasteiger partial charge in [-0.25, -0.2) is 14.2 Å². The zero-order valence-electron chi connectivity index (χ0n) is 13.0. The Morgan fingerprint density at radius 3 is 2.79 bits per heavy atom. The quantitative estimate of drug-likeness (QED) is 0.751. The maximum atomic E-state index is 13.9. The molecule has 1 amide bonds. The molecule has 122 valence electrons. The van der Waals surface area contributed by atoms with Gasteiger partial charge in [-0.15, -0.1) is 0 Å². The van der Waals surface area contributed by atoms with Gasteiger partial charge >= 0.3 is 5.97 Å². The summed E-state index contributed by atoms with van der Waals surface area (Å²) in [6.45, 7) is 1.92. The molecule has 1 aromatic carbocycles. The van der Waals surface area contributed by atoms with E-state index in [2.05, 4.69) is 15.0 Å². The van der Waals surface area contributed by atoms with Gasteiger partial charge in [0, 0.05) is 6.20 Å². The molecule has 3 rings (SSSR count). The largest absolute Gasteiger partial charge is 0.465 e. The lowest BCUT2D eigenvalue weighted by Crippen LogP contribution is -2.16. The number of anilines is 1. The molecule has 0 fully saturated rings. The Morgan fingerprint density at radius 2 is 2.04 bits per heavy atom. The SMILES string of the molecule is COC(=O)c1ccc(F)c(NC(=O)c2cnc3cc(C)ccn23)c1. The zero-order valence-corrected chi connectivity index (χ0v) is 13.0. The highest BCUT2D eigenvalue weighted by molar-refractivity contribution is 6.04. The Hall–Kier alpha value is -3.22. The predicted octanol–water partition coefficient (Wildman–Crippen LogP) is 2.82. The van der Waals surface area contributed by atoms with Crippen LogP contribution in [-0.2, 0) is 4.74 Å². The fourth-order valence-corrected chi connectivity index (χ4v) is 2.30. The monoisotopic (exact) mass is 327 g/mol. The lowest BCUT2D eigenvalue weighted by Gasteiger charge is -2.08. The van der Waals surface area contributed by atoms with Crippen LogP contribution in [0.1, 0.15) is 26.4 Å². The first-order chi connectivity index (χ1) is 11.5. The van der Waals surface area contributed by atoms with Crippen molar-refractivity contribution in [2.24, 2.45) is 0 Å². The van der Waals surface area contributed by atoms with Gasteiger partial charge in [0.25, 0.3) is 5.91 Å². The van der Waals surface area contributed by atoms with E-state index in [-0.39, 0.29) is 16.9 Å². The van der Waals surface area contributed by atoms with Crippen molar-refractivity contribution in [2.45, 2.75) is 6.92 Å². The van der Waals surface area contributed by atoms with E-state index >= 15 is 0 Å². The molecule has 0 saturated carbocycles. The first-order valence-electron chi connectivity index (χ1n) is 7.12. The second-order valence-corrected chi connectivity index (χ2v) is 5.22. The van der Waals surface area contributed by atoms with Crippen LogP contribution < -0.4 is 5.32 Å². The van der Waals surface area contributed by atoms with Crippen LogP contribution in [0, 0.1) is 12.7 Å². The molecule has 0 bridgehead atoms. The molecule has 0 radical (unpaired) electrons. The molecule has 3 aromatic rings. The van der Waals surface area contributed by atoms with Gasteiger partial charge in [-0.3, -0.25) is 9.20 Å². The van der Waals surface area contributed by atoms with Gasteiger partial charge in [0.2, 0.25) is 0 Å². The number of hydrogen-bond donors (Lipinski definition) is 1. The fraction of sp³-hybridized carbons (Fsp3) is 0.118. The number of rotatable bonds is 3. The molecule has 0 unspecified atom stereocenters. The van der Waals surface area contributed by atoms with Crippen molar-refractivity contribution < 1.29 is 18.7 Å². The van der Waals surface area contributed by atoms with Crippen molar-refractivity contribution in [3.05, 3.63) is 65.4 Å². The Labute approximate surface area is 136 Å². The number of aromatic nitrogens is 2. The number of halogens is 1. The van der Waals surface area contributed by atoms with Crippen molar-refractivity contribution in [3.63, 3.8) is 0 Å². The van der Waals surface area contributed by atoms with E-state index in [0.717, 1.165) is 11.6 Å². The summed E-state index contributed by atoms with van der Waals surface area (Å²) >= 11 is 0. The molecule has 7 heteroatoms. The van der Waals surface area contributed by atoms with Gasteiger partial charge in [-0.1, -0.05) is 0 Å². The summed E-state index contributed by atoms with van der Waals surface area (Å²) < 4.78 is 20.1. The third-order valence-corrected chi connectivity index (χ3v) is 3.54. The number of ether oxygens (including phenoxy) is 1. The minimum atomic E-state index is -0.652. The number of nitrogens with one attached hydrogen (secondary N) is 1. The van der Waals surface area contributed by atoms with Gasteiger partial charge < -0.3 is 10.1 Å². The van der Waals surface area contributed by atoms with Gasteiger partial charge in [-0.2, -0.15) is 0 Å². The Morgan fingerprint density at radius 1 is 1.25 bits per heavy atom. The average molecular weight is 327 g/mol. The summed E-state index contributed by atoms with van der Waals surface area (Å²) in [7, 11) is 1.23. The Bertz CT molecular complexity index is 949. The molecule has 0 atom stereocenters. The number of esters is 1. The number of hydrogen-bond acceptors (Lipinski definition) is 4. The summed E-state index contributed by atoms with van der Waals surface area (Å²) in [5.41, 5.74) is 1.92. The maximum absolute atomic E-state index is 13.9. The van der Waals surface area contributed by atoms with Crippen LogP contribution in [0.15, 0.2) is 42.7 Å². The molecular weight excluding hydrogens is 313 g/mol. The van der Waals surface area contributed by atoms with Gasteiger partial charge in [-0.05, 0) is 42.8 Å². The van der Waals surface area contributed by atoms with Gasteiger partial charge in [0.15, 0.2) is 0 Å². The van der Waals surface area contributed by atoms with Crippen LogP contribution in [0.4, 0.5) is 10.1 Å². The molecule has 0 saturated heterocycles. The third kappa shape index (κ3) is 2.83. The number of nitrogens with zero attached hydrogens (tertiary/aromatic N) is 2. The highest BCUT2D eigenvalue weighted by atomic mass is 19.1. The van der Waals surface area contributed by atoms with Gasteiger partial charge in [0.1, 0.15) is 17.2 Å². The minimum Gasteiger partial charge on any atom is -0.465 e. The van der Waals surface area contributed by atoms with Crippen molar-refractivity contribution in [1.82, 2.24) is 9.38 Å². The summed E-state index contributed by atoms with van der Waals surface area (Å²) in [6.07, 6.45) is 3.12. The zero-order chi connectivity index (χ0) is 17.3. The highest BCUT2D eigenvalue weighted by Gasteiger charge is 2.16. The molecular formula is C17H14FN3O3. The minimum absolute atomic E-state index is 0.107. The molecule has 0 aliphatic carbocycles. The lowest BCUT2D eigenvalue weighted by atomic mass is 10.2. The molecule has 2 aromatic heterocycles. The number of benzene rings is 1.